The van der Waals surface area contributed by atoms with Crippen LogP contribution in [0.15, 0.2) is 18.2 Å². The molecular formula is C16H21NO4. The van der Waals surface area contributed by atoms with Gasteiger partial charge in [-0.2, -0.15) is 0 Å². The van der Waals surface area contributed by atoms with Gasteiger partial charge in [0.25, 0.3) is 0 Å². The number of nitrogens with one attached hydrogen (secondary N) is 1. The molecule has 0 bridgehead atoms. The molecule has 0 saturated heterocycles. The standard InChI is InChI=1S/C16H21NO4/c1-21-12-7-8-14(13(10-12)16(19)20)17-15(18)9-6-11-4-2-3-5-11/h7-8,10-11H,2-6,9H2,1H3,(H,17,18)(H,19,20). The van der Waals surface area contributed by atoms with Crippen LogP contribution in [0.5, 0.6) is 5.75 Å². The van der Waals surface area contributed by atoms with Crippen molar-refractivity contribution in [3.63, 3.8) is 0 Å². The number of anilines is 1. The van der Waals surface area contributed by atoms with Crippen molar-refractivity contribution in [3.05, 3.63) is 23.8 Å². The lowest BCUT2D eigenvalue weighted by molar-refractivity contribution is -0.116. The quantitative estimate of drug-likeness (QED) is 0.843. The molecule has 1 aliphatic rings. The summed E-state index contributed by atoms with van der Waals surface area (Å²) in [4.78, 5) is 23.2. The van der Waals surface area contributed by atoms with E-state index in [-0.39, 0.29) is 11.5 Å². The van der Waals surface area contributed by atoms with Crippen LogP contribution in [-0.4, -0.2) is 24.1 Å². The minimum absolute atomic E-state index is 0.0450. The van der Waals surface area contributed by atoms with Crippen LogP contribution >= 0.6 is 0 Å². The Hall–Kier alpha value is -2.04. The number of methoxy groups -OCH3 is 1. The van der Waals surface area contributed by atoms with Gasteiger partial charge in [-0.25, -0.2) is 4.79 Å². The van der Waals surface area contributed by atoms with Crippen molar-refractivity contribution in [2.24, 2.45) is 5.92 Å². The number of amides is 1. The number of carboxylic acid groups (broad SMARTS) is 1. The molecule has 1 fully saturated rings. The number of rotatable bonds is 6. The normalized spacial score (nSPS) is 14.9. The minimum atomic E-state index is -1.08. The van der Waals surface area contributed by atoms with Gasteiger partial charge in [-0.05, 0) is 30.5 Å². The Labute approximate surface area is 124 Å². The zero-order valence-corrected chi connectivity index (χ0v) is 12.2. The maximum Gasteiger partial charge on any atom is 0.337 e. The fourth-order valence-corrected chi connectivity index (χ4v) is 2.78. The maximum absolute atomic E-state index is 12.0. The summed E-state index contributed by atoms with van der Waals surface area (Å²) in [6, 6.07) is 4.61. The molecule has 0 radical (unpaired) electrons. The highest BCUT2D eigenvalue weighted by atomic mass is 16.5. The number of aromatic carboxylic acids is 1. The second-order valence-corrected chi connectivity index (χ2v) is 5.45. The van der Waals surface area contributed by atoms with Gasteiger partial charge in [0.05, 0.1) is 18.4 Å². The van der Waals surface area contributed by atoms with Gasteiger partial charge in [0.15, 0.2) is 0 Å². The van der Waals surface area contributed by atoms with Gasteiger partial charge in [0, 0.05) is 6.42 Å². The third-order valence-electron chi connectivity index (χ3n) is 3.99. The molecule has 114 valence electrons. The topological polar surface area (TPSA) is 75.6 Å². The number of benzene rings is 1. The van der Waals surface area contributed by atoms with Crippen molar-refractivity contribution >= 4 is 17.6 Å². The molecule has 0 aliphatic heterocycles. The number of hydrogen-bond acceptors (Lipinski definition) is 3. The van der Waals surface area contributed by atoms with E-state index in [2.05, 4.69) is 5.32 Å². The largest absolute Gasteiger partial charge is 0.497 e. The van der Waals surface area contributed by atoms with Crippen molar-refractivity contribution in [2.75, 3.05) is 12.4 Å². The molecule has 2 rings (SSSR count). The Balaban J connectivity index is 1.97. The van der Waals surface area contributed by atoms with E-state index in [1.807, 2.05) is 0 Å². The second-order valence-electron chi connectivity index (χ2n) is 5.45. The van der Waals surface area contributed by atoms with E-state index in [1.54, 1.807) is 12.1 Å². The van der Waals surface area contributed by atoms with Crippen LogP contribution in [0, 0.1) is 5.92 Å². The first-order valence-electron chi connectivity index (χ1n) is 7.31. The molecular weight excluding hydrogens is 270 g/mol. The highest BCUT2D eigenvalue weighted by Gasteiger charge is 2.18. The smallest absolute Gasteiger partial charge is 0.337 e. The predicted molar refractivity (Wildman–Crippen MR) is 79.8 cm³/mol. The molecule has 2 N–H and O–H groups in total. The Kier molecular flexibility index (Phi) is 5.20. The summed E-state index contributed by atoms with van der Waals surface area (Å²) in [7, 11) is 1.47. The Morgan fingerprint density at radius 2 is 2.05 bits per heavy atom. The number of carbonyl (C=O) groups is 2. The second kappa shape index (κ2) is 7.11. The lowest BCUT2D eigenvalue weighted by atomic mass is 10.0. The first kappa shape index (κ1) is 15.4. The van der Waals surface area contributed by atoms with Crippen LogP contribution in [-0.2, 0) is 4.79 Å². The van der Waals surface area contributed by atoms with Crippen LogP contribution in [0.3, 0.4) is 0 Å². The molecule has 1 aromatic carbocycles. The van der Waals surface area contributed by atoms with Crippen molar-refractivity contribution in [1.29, 1.82) is 0 Å². The van der Waals surface area contributed by atoms with Crippen LogP contribution in [0.1, 0.15) is 48.9 Å². The van der Waals surface area contributed by atoms with E-state index in [0.29, 0.717) is 23.8 Å². The third kappa shape index (κ3) is 4.21. The molecule has 0 spiro atoms. The summed E-state index contributed by atoms with van der Waals surface area (Å²) in [5.41, 5.74) is 0.364. The monoisotopic (exact) mass is 291 g/mol. The molecule has 5 nitrogen and oxygen atoms in total. The molecule has 1 amide bonds. The van der Waals surface area contributed by atoms with E-state index >= 15 is 0 Å². The lowest BCUT2D eigenvalue weighted by Gasteiger charge is -2.11. The van der Waals surface area contributed by atoms with Crippen LogP contribution < -0.4 is 10.1 Å². The molecule has 0 unspecified atom stereocenters. The zero-order valence-electron chi connectivity index (χ0n) is 12.2. The number of hydrogen-bond donors (Lipinski definition) is 2. The highest BCUT2D eigenvalue weighted by Crippen LogP contribution is 2.29. The van der Waals surface area contributed by atoms with Crippen molar-refractivity contribution in [2.45, 2.75) is 38.5 Å². The average Bonchev–Trinajstić information content (AvgIpc) is 2.98. The average molecular weight is 291 g/mol. The Morgan fingerprint density at radius 1 is 1.33 bits per heavy atom. The van der Waals surface area contributed by atoms with Gasteiger partial charge in [-0.15, -0.1) is 0 Å². The summed E-state index contributed by atoms with van der Waals surface area (Å²) in [6.45, 7) is 0. The molecule has 0 atom stereocenters. The van der Waals surface area contributed by atoms with Gasteiger partial charge in [0.2, 0.25) is 5.91 Å². The summed E-state index contributed by atoms with van der Waals surface area (Å²) in [5, 5.41) is 11.9. The first-order chi connectivity index (χ1) is 10.1. The zero-order chi connectivity index (χ0) is 15.2. The Bertz CT molecular complexity index is 521. The lowest BCUT2D eigenvalue weighted by Crippen LogP contribution is -2.15. The van der Waals surface area contributed by atoms with E-state index in [9.17, 15) is 14.7 Å². The molecule has 5 heteroatoms. The number of carbonyl (C=O) groups excluding carboxylic acids is 1. The van der Waals surface area contributed by atoms with Gasteiger partial charge >= 0.3 is 5.97 Å². The van der Waals surface area contributed by atoms with Crippen LogP contribution in [0.25, 0.3) is 0 Å². The van der Waals surface area contributed by atoms with Gasteiger partial charge in [0.1, 0.15) is 5.75 Å². The fourth-order valence-electron chi connectivity index (χ4n) is 2.78. The van der Waals surface area contributed by atoms with E-state index in [1.165, 1.54) is 38.9 Å². The summed E-state index contributed by atoms with van der Waals surface area (Å²) in [5.74, 6) is -0.114. The van der Waals surface area contributed by atoms with Gasteiger partial charge in [-0.3, -0.25) is 4.79 Å². The van der Waals surface area contributed by atoms with Crippen molar-refractivity contribution in [1.82, 2.24) is 0 Å². The van der Waals surface area contributed by atoms with Gasteiger partial charge in [-0.1, -0.05) is 25.7 Å². The number of carboxylic acids is 1. The van der Waals surface area contributed by atoms with Crippen LogP contribution in [0.2, 0.25) is 0 Å². The molecule has 0 heterocycles. The van der Waals surface area contributed by atoms with Gasteiger partial charge < -0.3 is 15.2 Å². The molecule has 1 aliphatic carbocycles. The molecule has 1 aromatic rings. The van der Waals surface area contributed by atoms with Crippen molar-refractivity contribution < 1.29 is 19.4 Å². The third-order valence-corrected chi connectivity index (χ3v) is 3.99. The molecule has 21 heavy (non-hydrogen) atoms. The SMILES string of the molecule is COc1ccc(NC(=O)CCC2CCCC2)c(C(=O)O)c1. The van der Waals surface area contributed by atoms with E-state index < -0.39 is 5.97 Å². The fraction of sp³-hybridized carbons (Fsp3) is 0.500. The summed E-state index contributed by atoms with van der Waals surface area (Å²) >= 11 is 0. The van der Waals surface area contributed by atoms with Crippen molar-refractivity contribution in [3.8, 4) is 5.75 Å². The summed E-state index contributed by atoms with van der Waals surface area (Å²) < 4.78 is 5.00. The minimum Gasteiger partial charge on any atom is -0.497 e. The molecule has 1 saturated carbocycles. The van der Waals surface area contributed by atoms with E-state index in [4.69, 9.17) is 4.74 Å². The molecule has 0 aromatic heterocycles. The highest BCUT2D eigenvalue weighted by molar-refractivity contribution is 6.00. The van der Waals surface area contributed by atoms with E-state index in [0.717, 1.165) is 6.42 Å². The predicted octanol–water partition coefficient (Wildman–Crippen LogP) is 3.30. The number of ether oxygens (including phenoxy) is 1. The Morgan fingerprint density at radius 3 is 2.67 bits per heavy atom. The maximum atomic E-state index is 12.0. The summed E-state index contributed by atoms with van der Waals surface area (Å²) in [6.07, 6.45) is 6.24. The first-order valence-corrected chi connectivity index (χ1v) is 7.31. The van der Waals surface area contributed by atoms with Crippen LogP contribution in [0.4, 0.5) is 5.69 Å².